The first-order valence-corrected chi connectivity index (χ1v) is 7.96. The van der Waals surface area contributed by atoms with Crippen molar-refractivity contribution in [3.05, 3.63) is 60.4 Å². The van der Waals surface area contributed by atoms with Crippen molar-refractivity contribution >= 4 is 22.7 Å². The zero-order chi connectivity index (χ0) is 17.8. The Bertz CT molecular complexity index is 923. The number of carbonyl (C=O) groups is 2. The van der Waals surface area contributed by atoms with Gasteiger partial charge >= 0.3 is 0 Å². The predicted octanol–water partition coefficient (Wildman–Crippen LogP) is 2.71. The number of nitrogens with one attached hydrogen (secondary N) is 2. The van der Waals surface area contributed by atoms with Crippen LogP contribution in [-0.2, 0) is 4.79 Å². The molecule has 0 saturated heterocycles. The summed E-state index contributed by atoms with van der Waals surface area (Å²) in [6.45, 7) is 3.51. The van der Waals surface area contributed by atoms with Crippen LogP contribution in [0.15, 0.2) is 54.9 Å². The number of para-hydroxylation sites is 1. The maximum atomic E-state index is 12.6. The summed E-state index contributed by atoms with van der Waals surface area (Å²) < 4.78 is 0. The summed E-state index contributed by atoms with van der Waals surface area (Å²) in [5.74, 6) is -0.856. The van der Waals surface area contributed by atoms with Gasteiger partial charge in [-0.3, -0.25) is 25.4 Å². The van der Waals surface area contributed by atoms with E-state index in [2.05, 4.69) is 20.8 Å². The molecule has 2 aromatic heterocycles. The van der Waals surface area contributed by atoms with Gasteiger partial charge in [0.15, 0.2) is 0 Å². The maximum absolute atomic E-state index is 12.6. The summed E-state index contributed by atoms with van der Waals surface area (Å²) in [6, 6.07) is 12.8. The molecular formula is C19H18N4O2. The molecule has 0 aliphatic rings. The van der Waals surface area contributed by atoms with Gasteiger partial charge in [0.25, 0.3) is 5.91 Å². The van der Waals surface area contributed by atoms with Crippen LogP contribution in [0.3, 0.4) is 0 Å². The zero-order valence-electron chi connectivity index (χ0n) is 14.0. The van der Waals surface area contributed by atoms with Crippen LogP contribution in [0.4, 0.5) is 0 Å². The highest BCUT2D eigenvalue weighted by Gasteiger charge is 2.15. The molecule has 0 bridgehead atoms. The van der Waals surface area contributed by atoms with E-state index < -0.39 is 0 Å². The van der Waals surface area contributed by atoms with Gasteiger partial charge in [0.1, 0.15) is 0 Å². The molecule has 0 radical (unpaired) electrons. The summed E-state index contributed by atoms with van der Waals surface area (Å²) >= 11 is 0. The Kier molecular flexibility index (Phi) is 4.70. The first-order valence-electron chi connectivity index (χ1n) is 7.96. The normalized spacial score (nSPS) is 10.7. The lowest BCUT2D eigenvalue weighted by Crippen LogP contribution is -2.43. The number of benzene rings is 1. The van der Waals surface area contributed by atoms with Gasteiger partial charge in [-0.15, -0.1) is 0 Å². The number of hydrogen-bond acceptors (Lipinski definition) is 4. The summed E-state index contributed by atoms with van der Waals surface area (Å²) in [5.41, 5.74) is 7.59. The summed E-state index contributed by atoms with van der Waals surface area (Å²) in [6.07, 6.45) is 3.35. The number of nitrogens with zero attached hydrogens (tertiary/aromatic N) is 2. The van der Waals surface area contributed by atoms with Gasteiger partial charge in [-0.25, -0.2) is 4.98 Å². The third-order valence-electron chi connectivity index (χ3n) is 3.76. The van der Waals surface area contributed by atoms with Crippen LogP contribution >= 0.6 is 0 Å². The van der Waals surface area contributed by atoms with E-state index in [1.54, 1.807) is 32.3 Å². The molecule has 2 amide bonds. The Hall–Kier alpha value is -3.28. The molecule has 3 rings (SSSR count). The van der Waals surface area contributed by atoms with Crippen LogP contribution in [0, 0.1) is 5.92 Å². The molecular weight excluding hydrogens is 316 g/mol. The van der Waals surface area contributed by atoms with E-state index in [9.17, 15) is 9.59 Å². The van der Waals surface area contributed by atoms with Crippen LogP contribution < -0.4 is 10.9 Å². The molecule has 6 heteroatoms. The monoisotopic (exact) mass is 334 g/mol. The van der Waals surface area contributed by atoms with Gasteiger partial charge in [-0.05, 0) is 24.3 Å². The highest BCUT2D eigenvalue weighted by molar-refractivity contribution is 6.07. The lowest BCUT2D eigenvalue weighted by Gasteiger charge is -2.12. The standard InChI is InChI=1S/C19H18N4O2/c1-12(2)18(24)22-23-19(25)15-11-17(13-7-9-20-10-8-13)21-16-6-4-3-5-14(15)16/h3-12H,1-2H3,(H,22,24)(H,23,25). The number of pyridine rings is 2. The number of aromatic nitrogens is 2. The molecule has 0 aliphatic heterocycles. The Balaban J connectivity index is 2.01. The Morgan fingerprint density at radius 3 is 2.44 bits per heavy atom. The summed E-state index contributed by atoms with van der Waals surface area (Å²) in [5, 5.41) is 0.719. The molecule has 1 aromatic carbocycles. The van der Waals surface area contributed by atoms with Gasteiger partial charge in [0.05, 0.1) is 16.8 Å². The van der Waals surface area contributed by atoms with Gasteiger partial charge in [0.2, 0.25) is 5.91 Å². The van der Waals surface area contributed by atoms with E-state index >= 15 is 0 Å². The number of rotatable bonds is 3. The lowest BCUT2D eigenvalue weighted by molar-refractivity contribution is -0.124. The van der Waals surface area contributed by atoms with Crippen molar-refractivity contribution in [3.63, 3.8) is 0 Å². The first-order chi connectivity index (χ1) is 12.1. The van der Waals surface area contributed by atoms with E-state index in [0.29, 0.717) is 16.8 Å². The van der Waals surface area contributed by atoms with Crippen LogP contribution in [-0.4, -0.2) is 21.8 Å². The van der Waals surface area contributed by atoms with Gasteiger partial charge in [-0.1, -0.05) is 32.0 Å². The van der Waals surface area contributed by atoms with E-state index in [4.69, 9.17) is 0 Å². The molecule has 2 N–H and O–H groups in total. The summed E-state index contributed by atoms with van der Waals surface area (Å²) in [7, 11) is 0. The molecule has 0 fully saturated rings. The van der Waals surface area contributed by atoms with Gasteiger partial charge in [0, 0.05) is 29.3 Å². The molecule has 0 aliphatic carbocycles. The van der Waals surface area contributed by atoms with E-state index in [1.165, 1.54) is 0 Å². The minimum Gasteiger partial charge on any atom is -0.273 e. The molecule has 0 atom stereocenters. The average molecular weight is 334 g/mol. The Morgan fingerprint density at radius 1 is 1.00 bits per heavy atom. The quantitative estimate of drug-likeness (QED) is 0.721. The molecule has 6 nitrogen and oxygen atoms in total. The fraction of sp³-hybridized carbons (Fsp3) is 0.158. The van der Waals surface area contributed by atoms with Gasteiger partial charge < -0.3 is 0 Å². The van der Waals surface area contributed by atoms with Crippen molar-refractivity contribution in [3.8, 4) is 11.3 Å². The van der Waals surface area contributed by atoms with Gasteiger partial charge in [-0.2, -0.15) is 0 Å². The minimum absolute atomic E-state index is 0.220. The number of carbonyl (C=O) groups excluding carboxylic acids is 2. The molecule has 0 saturated carbocycles. The second kappa shape index (κ2) is 7.09. The molecule has 25 heavy (non-hydrogen) atoms. The largest absolute Gasteiger partial charge is 0.273 e. The van der Waals surface area contributed by atoms with E-state index in [0.717, 1.165) is 10.9 Å². The molecule has 2 heterocycles. The highest BCUT2D eigenvalue weighted by atomic mass is 16.2. The summed E-state index contributed by atoms with van der Waals surface area (Å²) in [4.78, 5) is 32.9. The van der Waals surface area contributed by atoms with Crippen LogP contribution in [0.25, 0.3) is 22.2 Å². The Labute approximate surface area is 145 Å². The number of hydrazine groups is 1. The lowest BCUT2D eigenvalue weighted by atomic mass is 10.0. The second-order valence-corrected chi connectivity index (χ2v) is 5.91. The highest BCUT2D eigenvalue weighted by Crippen LogP contribution is 2.24. The number of fused-ring (bicyclic) bond motifs is 1. The van der Waals surface area contributed by atoms with Crippen molar-refractivity contribution in [2.45, 2.75) is 13.8 Å². The van der Waals surface area contributed by atoms with Crippen LogP contribution in [0.5, 0.6) is 0 Å². The fourth-order valence-electron chi connectivity index (χ4n) is 2.36. The van der Waals surface area contributed by atoms with Crippen LogP contribution in [0.2, 0.25) is 0 Å². The van der Waals surface area contributed by atoms with Crippen molar-refractivity contribution in [2.24, 2.45) is 5.92 Å². The second-order valence-electron chi connectivity index (χ2n) is 5.91. The van der Waals surface area contributed by atoms with E-state index in [-0.39, 0.29) is 17.7 Å². The fourth-order valence-corrected chi connectivity index (χ4v) is 2.36. The molecule has 126 valence electrons. The van der Waals surface area contributed by atoms with Crippen molar-refractivity contribution in [1.29, 1.82) is 0 Å². The molecule has 0 spiro atoms. The number of hydrogen-bond donors (Lipinski definition) is 2. The van der Waals surface area contributed by atoms with Crippen molar-refractivity contribution in [1.82, 2.24) is 20.8 Å². The third kappa shape index (κ3) is 3.63. The topological polar surface area (TPSA) is 84.0 Å². The number of amides is 2. The first kappa shape index (κ1) is 16.6. The maximum Gasteiger partial charge on any atom is 0.270 e. The SMILES string of the molecule is CC(C)C(=O)NNC(=O)c1cc(-c2ccncc2)nc2ccccc12. The average Bonchev–Trinajstić information content (AvgIpc) is 2.65. The Morgan fingerprint density at radius 2 is 1.72 bits per heavy atom. The minimum atomic E-state index is -0.386. The van der Waals surface area contributed by atoms with Crippen molar-refractivity contribution in [2.75, 3.05) is 0 Å². The van der Waals surface area contributed by atoms with Crippen LogP contribution in [0.1, 0.15) is 24.2 Å². The van der Waals surface area contributed by atoms with E-state index in [1.807, 2.05) is 36.4 Å². The third-order valence-corrected chi connectivity index (χ3v) is 3.76. The zero-order valence-corrected chi connectivity index (χ0v) is 14.0. The predicted molar refractivity (Wildman–Crippen MR) is 95.4 cm³/mol. The molecule has 3 aromatic rings. The smallest absolute Gasteiger partial charge is 0.270 e. The molecule has 0 unspecified atom stereocenters. The van der Waals surface area contributed by atoms with Crippen molar-refractivity contribution < 1.29 is 9.59 Å².